The highest BCUT2D eigenvalue weighted by atomic mass is 79.9. The molecule has 96 valence electrons. The van der Waals surface area contributed by atoms with Crippen molar-refractivity contribution in [3.05, 3.63) is 54.6 Å². The van der Waals surface area contributed by atoms with Crippen molar-refractivity contribution in [3.8, 4) is 0 Å². The summed E-state index contributed by atoms with van der Waals surface area (Å²) in [4.78, 5) is 1.25. The third kappa shape index (κ3) is 2.80. The van der Waals surface area contributed by atoms with Crippen molar-refractivity contribution in [2.24, 2.45) is 0 Å². The van der Waals surface area contributed by atoms with Gasteiger partial charge in [0.1, 0.15) is 0 Å². The standard InChI is InChI=1S/C14H15BrClNS/c1-8-4-5-10(7-11(8)15)13(17-3)12-6-9(2)14(16)18-12/h4-7,13,17H,1-3H3. The molecule has 1 aromatic heterocycles. The second-order valence-electron chi connectivity index (χ2n) is 4.34. The van der Waals surface area contributed by atoms with Crippen LogP contribution >= 0.6 is 38.9 Å². The number of aryl methyl sites for hydroxylation is 2. The van der Waals surface area contributed by atoms with E-state index in [0.29, 0.717) is 0 Å². The summed E-state index contributed by atoms with van der Waals surface area (Å²) in [5.74, 6) is 0. The van der Waals surface area contributed by atoms with E-state index in [9.17, 15) is 0 Å². The highest BCUT2D eigenvalue weighted by Gasteiger charge is 2.16. The van der Waals surface area contributed by atoms with Gasteiger partial charge in [0.05, 0.1) is 10.4 Å². The van der Waals surface area contributed by atoms with Gasteiger partial charge in [0.25, 0.3) is 0 Å². The first kappa shape index (κ1) is 14.1. The number of nitrogens with one attached hydrogen (secondary N) is 1. The van der Waals surface area contributed by atoms with Gasteiger partial charge in [-0.25, -0.2) is 0 Å². The molecule has 1 unspecified atom stereocenters. The molecule has 0 aliphatic carbocycles. The Kier molecular flexibility index (Phi) is 4.49. The lowest BCUT2D eigenvalue weighted by Gasteiger charge is -2.16. The van der Waals surface area contributed by atoms with Crippen LogP contribution in [0.25, 0.3) is 0 Å². The van der Waals surface area contributed by atoms with Crippen LogP contribution in [0.3, 0.4) is 0 Å². The van der Waals surface area contributed by atoms with E-state index in [2.05, 4.69) is 52.4 Å². The highest BCUT2D eigenvalue weighted by Crippen LogP contribution is 2.34. The summed E-state index contributed by atoms with van der Waals surface area (Å²) >= 11 is 11.4. The van der Waals surface area contributed by atoms with Gasteiger partial charge < -0.3 is 5.32 Å². The summed E-state index contributed by atoms with van der Waals surface area (Å²) in [6.07, 6.45) is 0. The molecular weight excluding hydrogens is 330 g/mol. The number of thiophene rings is 1. The Morgan fingerprint density at radius 2 is 1.94 bits per heavy atom. The largest absolute Gasteiger partial charge is 0.309 e. The summed E-state index contributed by atoms with van der Waals surface area (Å²) in [7, 11) is 1.97. The molecule has 1 atom stereocenters. The quantitative estimate of drug-likeness (QED) is 0.818. The van der Waals surface area contributed by atoms with E-state index < -0.39 is 0 Å². The maximum absolute atomic E-state index is 6.16. The summed E-state index contributed by atoms with van der Waals surface area (Å²) in [5, 5.41) is 3.35. The number of hydrogen-bond acceptors (Lipinski definition) is 2. The zero-order chi connectivity index (χ0) is 13.3. The molecule has 0 radical (unpaired) electrons. The van der Waals surface area contributed by atoms with Crippen LogP contribution in [0.2, 0.25) is 4.34 Å². The molecule has 0 aliphatic rings. The van der Waals surface area contributed by atoms with Gasteiger partial charge in [-0.1, -0.05) is 39.7 Å². The van der Waals surface area contributed by atoms with Crippen molar-refractivity contribution in [2.45, 2.75) is 19.9 Å². The molecule has 0 amide bonds. The van der Waals surface area contributed by atoms with E-state index >= 15 is 0 Å². The van der Waals surface area contributed by atoms with Crippen LogP contribution < -0.4 is 5.32 Å². The van der Waals surface area contributed by atoms with Crippen LogP contribution in [0.4, 0.5) is 0 Å². The lowest BCUT2D eigenvalue weighted by atomic mass is 10.0. The Bertz CT molecular complexity index is 545. The van der Waals surface area contributed by atoms with E-state index in [1.807, 2.05) is 14.0 Å². The fraction of sp³-hybridized carbons (Fsp3) is 0.286. The van der Waals surface area contributed by atoms with Crippen molar-refractivity contribution in [1.82, 2.24) is 5.32 Å². The number of rotatable bonds is 3. The lowest BCUT2D eigenvalue weighted by Crippen LogP contribution is -2.16. The summed E-state index contributed by atoms with van der Waals surface area (Å²) in [6, 6.07) is 8.80. The molecule has 1 nitrogen and oxygen atoms in total. The minimum absolute atomic E-state index is 0.193. The van der Waals surface area contributed by atoms with Gasteiger partial charge in [0.2, 0.25) is 0 Å². The van der Waals surface area contributed by atoms with Crippen molar-refractivity contribution < 1.29 is 0 Å². The van der Waals surface area contributed by atoms with Crippen LogP contribution in [-0.4, -0.2) is 7.05 Å². The highest BCUT2D eigenvalue weighted by molar-refractivity contribution is 9.10. The van der Waals surface area contributed by atoms with Crippen LogP contribution in [0.15, 0.2) is 28.7 Å². The summed E-state index contributed by atoms with van der Waals surface area (Å²) in [6.45, 7) is 4.13. The predicted molar refractivity (Wildman–Crippen MR) is 83.8 cm³/mol. The maximum Gasteiger partial charge on any atom is 0.0961 e. The lowest BCUT2D eigenvalue weighted by molar-refractivity contribution is 0.703. The average Bonchev–Trinajstić information content (AvgIpc) is 2.65. The average molecular weight is 345 g/mol. The van der Waals surface area contributed by atoms with Crippen LogP contribution in [0.5, 0.6) is 0 Å². The SMILES string of the molecule is CNC(c1ccc(C)c(Br)c1)c1cc(C)c(Cl)s1. The summed E-state index contributed by atoms with van der Waals surface area (Å²) < 4.78 is 2.01. The molecule has 0 fully saturated rings. The van der Waals surface area contributed by atoms with Crippen molar-refractivity contribution in [1.29, 1.82) is 0 Å². The minimum atomic E-state index is 0.193. The maximum atomic E-state index is 6.16. The number of benzene rings is 1. The molecule has 0 bridgehead atoms. The van der Waals surface area contributed by atoms with E-state index in [0.717, 1.165) is 14.4 Å². The molecule has 2 aromatic rings. The first-order chi connectivity index (χ1) is 8.52. The Morgan fingerprint density at radius 1 is 1.22 bits per heavy atom. The number of hydrogen-bond donors (Lipinski definition) is 1. The fourth-order valence-electron chi connectivity index (χ4n) is 1.89. The Balaban J connectivity index is 2.41. The van der Waals surface area contributed by atoms with Crippen LogP contribution in [0, 0.1) is 13.8 Å². The molecule has 1 aromatic carbocycles. The van der Waals surface area contributed by atoms with Crippen LogP contribution in [-0.2, 0) is 0 Å². The zero-order valence-electron chi connectivity index (χ0n) is 10.6. The molecule has 0 saturated carbocycles. The number of halogens is 2. The Labute approximate surface area is 125 Å². The molecular formula is C14H15BrClNS. The monoisotopic (exact) mass is 343 g/mol. The first-order valence-corrected chi connectivity index (χ1v) is 7.71. The van der Waals surface area contributed by atoms with Crippen molar-refractivity contribution in [3.63, 3.8) is 0 Å². The molecule has 0 spiro atoms. The molecule has 0 aliphatic heterocycles. The van der Waals surface area contributed by atoms with Crippen molar-refractivity contribution in [2.75, 3.05) is 7.05 Å². The minimum Gasteiger partial charge on any atom is -0.309 e. The third-order valence-electron chi connectivity index (χ3n) is 2.98. The van der Waals surface area contributed by atoms with Gasteiger partial charge in [0, 0.05) is 9.35 Å². The van der Waals surface area contributed by atoms with Crippen LogP contribution in [0.1, 0.15) is 27.6 Å². The predicted octanol–water partition coefficient (Wildman–Crippen LogP) is 5.09. The second kappa shape index (κ2) is 5.74. The van der Waals surface area contributed by atoms with Gasteiger partial charge in [-0.15, -0.1) is 11.3 Å². The molecule has 18 heavy (non-hydrogen) atoms. The van der Waals surface area contributed by atoms with E-state index in [1.165, 1.54) is 16.0 Å². The van der Waals surface area contributed by atoms with E-state index in [-0.39, 0.29) is 6.04 Å². The van der Waals surface area contributed by atoms with Gasteiger partial charge in [-0.2, -0.15) is 0 Å². The first-order valence-electron chi connectivity index (χ1n) is 5.72. The van der Waals surface area contributed by atoms with E-state index in [4.69, 9.17) is 11.6 Å². The molecule has 0 saturated heterocycles. The molecule has 1 heterocycles. The fourth-order valence-corrected chi connectivity index (χ4v) is 3.64. The van der Waals surface area contributed by atoms with E-state index in [1.54, 1.807) is 11.3 Å². The Morgan fingerprint density at radius 3 is 2.44 bits per heavy atom. The second-order valence-corrected chi connectivity index (χ2v) is 6.88. The van der Waals surface area contributed by atoms with Gasteiger partial charge in [-0.3, -0.25) is 0 Å². The Hall–Kier alpha value is -0.350. The molecule has 2 rings (SSSR count). The zero-order valence-corrected chi connectivity index (χ0v) is 13.7. The van der Waals surface area contributed by atoms with Gasteiger partial charge >= 0.3 is 0 Å². The normalized spacial score (nSPS) is 12.7. The van der Waals surface area contributed by atoms with Gasteiger partial charge in [-0.05, 0) is 49.7 Å². The topological polar surface area (TPSA) is 12.0 Å². The molecule has 4 heteroatoms. The molecule has 1 N–H and O–H groups in total. The summed E-state index contributed by atoms with van der Waals surface area (Å²) in [5.41, 5.74) is 3.63. The van der Waals surface area contributed by atoms with Gasteiger partial charge in [0.15, 0.2) is 0 Å². The third-order valence-corrected chi connectivity index (χ3v) is 5.45. The van der Waals surface area contributed by atoms with Crippen molar-refractivity contribution >= 4 is 38.9 Å². The smallest absolute Gasteiger partial charge is 0.0961 e.